The highest BCUT2D eigenvalue weighted by Crippen LogP contribution is 2.23. The molecule has 0 N–H and O–H groups in total. The van der Waals surface area contributed by atoms with Crippen LogP contribution in [0.4, 0.5) is 0 Å². The summed E-state index contributed by atoms with van der Waals surface area (Å²) >= 11 is 1.62. The highest BCUT2D eigenvalue weighted by molar-refractivity contribution is 7.13. The van der Waals surface area contributed by atoms with Crippen molar-refractivity contribution in [1.29, 1.82) is 0 Å². The third-order valence-corrected chi connectivity index (χ3v) is 4.95. The summed E-state index contributed by atoms with van der Waals surface area (Å²) in [7, 11) is 0. The quantitative estimate of drug-likeness (QED) is 0.715. The highest BCUT2D eigenvalue weighted by Gasteiger charge is 2.22. The average Bonchev–Trinajstić information content (AvgIpc) is 3.30. The Bertz CT molecular complexity index is 723. The van der Waals surface area contributed by atoms with Crippen LogP contribution in [0.2, 0.25) is 0 Å². The van der Waals surface area contributed by atoms with Gasteiger partial charge in [-0.2, -0.15) is 10.1 Å². The Balaban J connectivity index is 1.37. The highest BCUT2D eigenvalue weighted by atomic mass is 32.1. The first-order valence-electron chi connectivity index (χ1n) is 7.78. The number of hydrogen-bond donors (Lipinski definition) is 0. The summed E-state index contributed by atoms with van der Waals surface area (Å²) in [6.07, 6.45) is 5.78. The molecule has 7 nitrogen and oxygen atoms in total. The lowest BCUT2D eigenvalue weighted by atomic mass is 9.98. The van der Waals surface area contributed by atoms with E-state index in [0.717, 1.165) is 24.5 Å². The number of rotatable bonds is 5. The van der Waals surface area contributed by atoms with Gasteiger partial charge in [-0.25, -0.2) is 4.98 Å². The number of nitrogens with zero attached hydrogens (tertiary/aromatic N) is 6. The van der Waals surface area contributed by atoms with E-state index in [1.165, 1.54) is 12.8 Å². The van der Waals surface area contributed by atoms with E-state index in [9.17, 15) is 0 Å². The van der Waals surface area contributed by atoms with Gasteiger partial charge in [-0.3, -0.25) is 9.58 Å². The Labute approximate surface area is 138 Å². The van der Waals surface area contributed by atoms with Crippen LogP contribution >= 0.6 is 11.3 Å². The van der Waals surface area contributed by atoms with Crippen molar-refractivity contribution >= 4 is 11.3 Å². The minimum absolute atomic E-state index is 0.588. The summed E-state index contributed by atoms with van der Waals surface area (Å²) in [6, 6.07) is 4.00. The lowest BCUT2D eigenvalue weighted by Crippen LogP contribution is -2.36. The second-order valence-corrected chi connectivity index (χ2v) is 6.80. The molecular weight excluding hydrogens is 312 g/mol. The smallest absolute Gasteiger partial charge is 0.241 e. The standard InChI is InChI=1S/C15H18N6OS/c1-3-12(8-21-11-16-10-17-21)7-20(5-1)9-14-18-15(19-22-14)13-4-2-6-23-13/h2,4,6,10-12H,1,3,5,7-9H2/t12-/m0/s1. The molecule has 0 spiro atoms. The monoisotopic (exact) mass is 330 g/mol. The van der Waals surface area contributed by atoms with E-state index in [2.05, 4.69) is 25.1 Å². The molecule has 0 aromatic carbocycles. The Morgan fingerprint density at radius 3 is 3.22 bits per heavy atom. The Morgan fingerprint density at radius 2 is 2.39 bits per heavy atom. The van der Waals surface area contributed by atoms with Crippen molar-refractivity contribution in [2.75, 3.05) is 13.1 Å². The maximum atomic E-state index is 5.41. The fourth-order valence-corrected chi connectivity index (χ4v) is 3.70. The van der Waals surface area contributed by atoms with Crippen LogP contribution in [0.15, 0.2) is 34.7 Å². The van der Waals surface area contributed by atoms with Crippen LogP contribution in [0.5, 0.6) is 0 Å². The summed E-state index contributed by atoms with van der Waals surface area (Å²) < 4.78 is 7.32. The van der Waals surface area contributed by atoms with Crippen molar-refractivity contribution in [3.63, 3.8) is 0 Å². The zero-order valence-electron chi connectivity index (χ0n) is 12.7. The minimum Gasteiger partial charge on any atom is -0.338 e. The van der Waals surface area contributed by atoms with Gasteiger partial charge in [0.1, 0.15) is 12.7 Å². The van der Waals surface area contributed by atoms with E-state index in [1.807, 2.05) is 22.2 Å². The molecule has 3 aromatic heterocycles. The third kappa shape index (κ3) is 3.48. The van der Waals surface area contributed by atoms with Gasteiger partial charge < -0.3 is 4.52 Å². The molecule has 0 saturated carbocycles. The molecule has 0 aliphatic carbocycles. The van der Waals surface area contributed by atoms with E-state index < -0.39 is 0 Å². The van der Waals surface area contributed by atoms with Gasteiger partial charge in [0.15, 0.2) is 0 Å². The SMILES string of the molecule is c1csc(-c2noc(CN3CCC[C@H](Cn4cncn4)C3)n2)c1. The van der Waals surface area contributed by atoms with Gasteiger partial charge in [-0.05, 0) is 36.8 Å². The lowest BCUT2D eigenvalue weighted by molar-refractivity contribution is 0.138. The van der Waals surface area contributed by atoms with Crippen LogP contribution in [0, 0.1) is 5.92 Å². The van der Waals surface area contributed by atoms with Crippen molar-refractivity contribution in [3.05, 3.63) is 36.1 Å². The molecule has 0 unspecified atom stereocenters. The molecule has 0 amide bonds. The zero-order chi connectivity index (χ0) is 15.5. The van der Waals surface area contributed by atoms with E-state index in [0.29, 0.717) is 24.2 Å². The predicted octanol–water partition coefficient (Wildman–Crippen LogP) is 2.30. The number of thiophene rings is 1. The number of likely N-dealkylation sites (tertiary alicyclic amines) is 1. The molecule has 3 aromatic rings. The molecule has 0 bridgehead atoms. The average molecular weight is 330 g/mol. The van der Waals surface area contributed by atoms with E-state index in [1.54, 1.807) is 24.0 Å². The van der Waals surface area contributed by atoms with Gasteiger partial charge in [0, 0.05) is 13.1 Å². The van der Waals surface area contributed by atoms with Crippen molar-refractivity contribution in [1.82, 2.24) is 29.8 Å². The maximum Gasteiger partial charge on any atom is 0.241 e. The zero-order valence-corrected chi connectivity index (χ0v) is 13.5. The van der Waals surface area contributed by atoms with Gasteiger partial charge in [0.25, 0.3) is 0 Å². The van der Waals surface area contributed by atoms with Gasteiger partial charge in [0.2, 0.25) is 11.7 Å². The van der Waals surface area contributed by atoms with E-state index in [4.69, 9.17) is 4.52 Å². The molecule has 0 radical (unpaired) electrons. The van der Waals surface area contributed by atoms with Crippen molar-refractivity contribution in [3.8, 4) is 10.7 Å². The molecule has 1 aliphatic heterocycles. The van der Waals surface area contributed by atoms with Crippen LogP contribution in [0.1, 0.15) is 18.7 Å². The van der Waals surface area contributed by atoms with Gasteiger partial charge in [0.05, 0.1) is 11.4 Å². The summed E-state index contributed by atoms with van der Waals surface area (Å²) in [6.45, 7) is 3.73. The lowest BCUT2D eigenvalue weighted by Gasteiger charge is -2.31. The summed E-state index contributed by atoms with van der Waals surface area (Å²) in [5.41, 5.74) is 0. The largest absolute Gasteiger partial charge is 0.338 e. The van der Waals surface area contributed by atoms with Crippen LogP contribution in [0.25, 0.3) is 10.7 Å². The molecule has 8 heteroatoms. The molecule has 1 atom stereocenters. The molecular formula is C15H18N6OS. The van der Waals surface area contributed by atoms with Gasteiger partial charge in [-0.15, -0.1) is 11.3 Å². The Hall–Kier alpha value is -2.06. The van der Waals surface area contributed by atoms with E-state index in [-0.39, 0.29) is 0 Å². The molecule has 23 heavy (non-hydrogen) atoms. The van der Waals surface area contributed by atoms with Crippen molar-refractivity contribution in [2.24, 2.45) is 5.92 Å². The number of aromatic nitrogens is 5. The fourth-order valence-electron chi connectivity index (χ4n) is 3.05. The molecule has 1 fully saturated rings. The van der Waals surface area contributed by atoms with E-state index >= 15 is 0 Å². The first-order valence-corrected chi connectivity index (χ1v) is 8.66. The minimum atomic E-state index is 0.588. The molecule has 4 rings (SSSR count). The van der Waals surface area contributed by atoms with Gasteiger partial charge >= 0.3 is 0 Å². The van der Waals surface area contributed by atoms with Crippen LogP contribution in [-0.4, -0.2) is 42.9 Å². The second kappa shape index (κ2) is 6.59. The van der Waals surface area contributed by atoms with Crippen LogP contribution < -0.4 is 0 Å². The predicted molar refractivity (Wildman–Crippen MR) is 85.6 cm³/mol. The first kappa shape index (κ1) is 14.5. The fraction of sp³-hybridized carbons (Fsp3) is 0.467. The van der Waals surface area contributed by atoms with Crippen molar-refractivity contribution < 1.29 is 4.52 Å². The number of piperidine rings is 1. The normalized spacial score (nSPS) is 19.2. The third-order valence-electron chi connectivity index (χ3n) is 4.08. The van der Waals surface area contributed by atoms with Crippen LogP contribution in [-0.2, 0) is 13.1 Å². The summed E-state index contributed by atoms with van der Waals surface area (Å²) in [5, 5.41) is 10.3. The molecule has 1 saturated heterocycles. The molecule has 4 heterocycles. The van der Waals surface area contributed by atoms with Crippen LogP contribution in [0.3, 0.4) is 0 Å². The molecule has 120 valence electrons. The Kier molecular flexibility index (Phi) is 4.16. The Morgan fingerprint density at radius 1 is 1.39 bits per heavy atom. The topological polar surface area (TPSA) is 72.9 Å². The first-order chi connectivity index (χ1) is 11.4. The maximum absolute atomic E-state index is 5.41. The number of hydrogen-bond acceptors (Lipinski definition) is 7. The summed E-state index contributed by atoms with van der Waals surface area (Å²) in [4.78, 5) is 11.9. The second-order valence-electron chi connectivity index (χ2n) is 5.85. The summed E-state index contributed by atoms with van der Waals surface area (Å²) in [5.74, 6) is 1.96. The van der Waals surface area contributed by atoms with Gasteiger partial charge in [-0.1, -0.05) is 11.2 Å². The molecule has 1 aliphatic rings. The van der Waals surface area contributed by atoms with Crippen molar-refractivity contribution in [2.45, 2.75) is 25.9 Å².